The Labute approximate surface area is 122 Å². The van der Waals surface area contributed by atoms with Crippen molar-refractivity contribution in [2.75, 3.05) is 38.7 Å². The number of amides is 1. The van der Waals surface area contributed by atoms with E-state index in [4.69, 9.17) is 9.47 Å². The number of carbonyl (C=O) groups is 1. The molecule has 1 aromatic carbocycles. The minimum Gasteiger partial charge on any atom is -0.494 e. The SMILES string of the molecule is CCOc1ccc(NC(=O)CNCCOC)c([N+](=O)[O-])c1. The Balaban J connectivity index is 2.68. The maximum absolute atomic E-state index is 11.7. The predicted octanol–water partition coefficient (Wildman–Crippen LogP) is 1.17. The molecule has 1 amide bonds. The molecular weight excluding hydrogens is 278 g/mol. The maximum Gasteiger partial charge on any atom is 0.296 e. The lowest BCUT2D eigenvalue weighted by molar-refractivity contribution is -0.384. The number of methoxy groups -OCH3 is 1. The van der Waals surface area contributed by atoms with Gasteiger partial charge in [0.2, 0.25) is 5.91 Å². The molecule has 116 valence electrons. The van der Waals surface area contributed by atoms with Crippen LogP contribution in [-0.2, 0) is 9.53 Å². The first-order chi connectivity index (χ1) is 10.1. The van der Waals surface area contributed by atoms with Crippen molar-refractivity contribution in [1.82, 2.24) is 5.32 Å². The van der Waals surface area contributed by atoms with E-state index >= 15 is 0 Å². The first-order valence-electron chi connectivity index (χ1n) is 6.49. The van der Waals surface area contributed by atoms with Gasteiger partial charge in [-0.15, -0.1) is 0 Å². The van der Waals surface area contributed by atoms with Gasteiger partial charge < -0.3 is 20.1 Å². The van der Waals surface area contributed by atoms with E-state index in [0.717, 1.165) is 0 Å². The molecule has 0 spiro atoms. The molecule has 0 bridgehead atoms. The van der Waals surface area contributed by atoms with Crippen LogP contribution in [0.2, 0.25) is 0 Å². The third-order valence-electron chi connectivity index (χ3n) is 2.52. The van der Waals surface area contributed by atoms with Gasteiger partial charge >= 0.3 is 0 Å². The van der Waals surface area contributed by atoms with Gasteiger partial charge in [-0.1, -0.05) is 0 Å². The van der Waals surface area contributed by atoms with Crippen LogP contribution in [0.3, 0.4) is 0 Å². The third-order valence-corrected chi connectivity index (χ3v) is 2.52. The van der Waals surface area contributed by atoms with Gasteiger partial charge in [0.05, 0.1) is 30.7 Å². The number of ether oxygens (including phenoxy) is 2. The number of rotatable bonds is 9. The minimum atomic E-state index is -0.559. The van der Waals surface area contributed by atoms with E-state index in [1.807, 2.05) is 0 Å². The second-order valence-corrected chi connectivity index (χ2v) is 4.09. The molecule has 0 heterocycles. The molecule has 0 aliphatic rings. The van der Waals surface area contributed by atoms with Crippen molar-refractivity contribution in [3.63, 3.8) is 0 Å². The van der Waals surface area contributed by atoms with Crippen LogP contribution >= 0.6 is 0 Å². The van der Waals surface area contributed by atoms with Crippen molar-refractivity contribution in [3.05, 3.63) is 28.3 Å². The van der Waals surface area contributed by atoms with Gasteiger partial charge in [0, 0.05) is 13.7 Å². The van der Waals surface area contributed by atoms with Crippen LogP contribution in [-0.4, -0.2) is 44.2 Å². The minimum absolute atomic E-state index is 0.0493. The van der Waals surface area contributed by atoms with E-state index in [1.165, 1.54) is 12.1 Å². The number of nitrogens with one attached hydrogen (secondary N) is 2. The normalized spacial score (nSPS) is 10.2. The van der Waals surface area contributed by atoms with Crippen LogP contribution < -0.4 is 15.4 Å². The summed E-state index contributed by atoms with van der Waals surface area (Å²) >= 11 is 0. The molecule has 1 aromatic rings. The highest BCUT2D eigenvalue weighted by molar-refractivity contribution is 5.94. The Bertz CT molecular complexity index is 493. The molecule has 2 N–H and O–H groups in total. The summed E-state index contributed by atoms with van der Waals surface area (Å²) in [6, 6.07) is 4.32. The fourth-order valence-corrected chi connectivity index (χ4v) is 1.60. The fraction of sp³-hybridized carbons (Fsp3) is 0.462. The quantitative estimate of drug-likeness (QED) is 0.403. The topological polar surface area (TPSA) is 103 Å². The van der Waals surface area contributed by atoms with E-state index in [0.29, 0.717) is 25.5 Å². The zero-order chi connectivity index (χ0) is 15.7. The number of hydrogen-bond donors (Lipinski definition) is 2. The monoisotopic (exact) mass is 297 g/mol. The van der Waals surface area contributed by atoms with E-state index < -0.39 is 4.92 Å². The summed E-state index contributed by atoms with van der Waals surface area (Å²) < 4.78 is 10.0. The lowest BCUT2D eigenvalue weighted by Crippen LogP contribution is -2.30. The maximum atomic E-state index is 11.7. The first-order valence-corrected chi connectivity index (χ1v) is 6.49. The molecule has 0 atom stereocenters. The van der Waals surface area contributed by atoms with Gasteiger partial charge in [-0.2, -0.15) is 0 Å². The summed E-state index contributed by atoms with van der Waals surface area (Å²) in [5.74, 6) is 0.0266. The van der Waals surface area contributed by atoms with E-state index in [9.17, 15) is 14.9 Å². The Morgan fingerprint density at radius 2 is 2.19 bits per heavy atom. The molecule has 0 aliphatic carbocycles. The summed E-state index contributed by atoms with van der Waals surface area (Å²) in [5, 5.41) is 16.4. The van der Waals surface area contributed by atoms with Crippen molar-refractivity contribution in [1.29, 1.82) is 0 Å². The molecular formula is C13H19N3O5. The van der Waals surface area contributed by atoms with Gasteiger partial charge in [-0.05, 0) is 19.1 Å². The van der Waals surface area contributed by atoms with Crippen LogP contribution in [0.1, 0.15) is 6.92 Å². The standard InChI is InChI=1S/C13H19N3O5/c1-3-21-10-4-5-11(12(8-10)16(18)19)15-13(17)9-14-6-7-20-2/h4-5,8,14H,3,6-7,9H2,1-2H3,(H,15,17). The van der Waals surface area contributed by atoms with Crippen LogP contribution in [0.25, 0.3) is 0 Å². The van der Waals surface area contributed by atoms with E-state index in [1.54, 1.807) is 20.1 Å². The largest absolute Gasteiger partial charge is 0.494 e. The van der Waals surface area contributed by atoms with Crippen molar-refractivity contribution >= 4 is 17.3 Å². The second kappa shape index (κ2) is 8.88. The van der Waals surface area contributed by atoms with E-state index in [-0.39, 0.29) is 23.8 Å². The van der Waals surface area contributed by atoms with Crippen LogP contribution in [0.5, 0.6) is 5.75 Å². The summed E-state index contributed by atoms with van der Waals surface area (Å²) in [4.78, 5) is 22.2. The van der Waals surface area contributed by atoms with Crippen LogP contribution in [0.4, 0.5) is 11.4 Å². The highest BCUT2D eigenvalue weighted by atomic mass is 16.6. The molecule has 0 unspecified atom stereocenters. The number of nitrogens with zero attached hydrogens (tertiary/aromatic N) is 1. The van der Waals surface area contributed by atoms with Gasteiger partial charge in [-0.25, -0.2) is 0 Å². The number of hydrogen-bond acceptors (Lipinski definition) is 6. The average molecular weight is 297 g/mol. The highest BCUT2D eigenvalue weighted by Gasteiger charge is 2.17. The molecule has 0 aliphatic heterocycles. The number of carbonyl (C=O) groups excluding carboxylic acids is 1. The Kier molecular flexibility index (Phi) is 7.13. The molecule has 8 nitrogen and oxygen atoms in total. The predicted molar refractivity (Wildman–Crippen MR) is 77.6 cm³/mol. The zero-order valence-corrected chi connectivity index (χ0v) is 12.0. The summed E-state index contributed by atoms with van der Waals surface area (Å²) in [6.07, 6.45) is 0. The second-order valence-electron chi connectivity index (χ2n) is 4.09. The Hall–Kier alpha value is -2.19. The number of nitro benzene ring substituents is 1. The summed E-state index contributed by atoms with van der Waals surface area (Å²) in [7, 11) is 1.56. The zero-order valence-electron chi connectivity index (χ0n) is 12.0. The Morgan fingerprint density at radius 1 is 1.43 bits per heavy atom. The van der Waals surface area contributed by atoms with Crippen molar-refractivity contribution in [2.45, 2.75) is 6.92 Å². The third kappa shape index (κ3) is 5.76. The van der Waals surface area contributed by atoms with E-state index in [2.05, 4.69) is 10.6 Å². The van der Waals surface area contributed by atoms with Crippen molar-refractivity contribution in [3.8, 4) is 5.75 Å². The molecule has 0 saturated heterocycles. The molecule has 0 fully saturated rings. The van der Waals surface area contributed by atoms with Gasteiger partial charge in [0.1, 0.15) is 11.4 Å². The average Bonchev–Trinajstić information content (AvgIpc) is 2.45. The number of anilines is 1. The van der Waals surface area contributed by atoms with Crippen molar-refractivity contribution < 1.29 is 19.2 Å². The molecule has 21 heavy (non-hydrogen) atoms. The summed E-state index contributed by atoms with van der Waals surface area (Å²) in [6.45, 7) is 3.25. The van der Waals surface area contributed by atoms with Crippen LogP contribution in [0.15, 0.2) is 18.2 Å². The fourth-order valence-electron chi connectivity index (χ4n) is 1.60. The van der Waals surface area contributed by atoms with Gasteiger partial charge in [0.25, 0.3) is 5.69 Å². The van der Waals surface area contributed by atoms with Gasteiger partial charge in [-0.3, -0.25) is 14.9 Å². The summed E-state index contributed by atoms with van der Waals surface area (Å²) in [5.41, 5.74) is -0.0619. The number of benzene rings is 1. The number of nitro groups is 1. The Morgan fingerprint density at radius 3 is 2.81 bits per heavy atom. The smallest absolute Gasteiger partial charge is 0.296 e. The molecule has 0 aromatic heterocycles. The lowest BCUT2D eigenvalue weighted by Gasteiger charge is -2.09. The van der Waals surface area contributed by atoms with Crippen LogP contribution in [0, 0.1) is 10.1 Å². The first kappa shape index (κ1) is 16.9. The molecule has 0 saturated carbocycles. The lowest BCUT2D eigenvalue weighted by atomic mass is 10.2. The molecule has 8 heteroatoms. The van der Waals surface area contributed by atoms with Crippen molar-refractivity contribution in [2.24, 2.45) is 0 Å². The molecule has 1 rings (SSSR count). The van der Waals surface area contributed by atoms with Gasteiger partial charge in [0.15, 0.2) is 0 Å². The molecule has 0 radical (unpaired) electrons. The highest BCUT2D eigenvalue weighted by Crippen LogP contribution is 2.28.